The lowest BCUT2D eigenvalue weighted by Gasteiger charge is -2.22. The van der Waals surface area contributed by atoms with Crippen LogP contribution >= 0.6 is 0 Å². The van der Waals surface area contributed by atoms with Gasteiger partial charge in [0.25, 0.3) is 0 Å². The predicted molar refractivity (Wildman–Crippen MR) is 140 cm³/mol. The molecular formula is C29H36N2O2. The molecule has 0 amide bonds. The van der Waals surface area contributed by atoms with Crippen molar-refractivity contribution in [3.8, 4) is 0 Å². The summed E-state index contributed by atoms with van der Waals surface area (Å²) >= 11 is 0. The second-order valence-electron chi connectivity index (χ2n) is 8.83. The van der Waals surface area contributed by atoms with Gasteiger partial charge in [0.15, 0.2) is 11.6 Å². The van der Waals surface area contributed by atoms with E-state index < -0.39 is 0 Å². The van der Waals surface area contributed by atoms with Gasteiger partial charge in [-0.05, 0) is 48.1 Å². The number of Topliss-reactive ketones (excluding diaryl/α,β-unsaturated/α-hetero) is 2. The van der Waals surface area contributed by atoms with Crippen LogP contribution in [0.25, 0.3) is 0 Å². The highest BCUT2D eigenvalue weighted by molar-refractivity contribution is 6.32. The molecule has 0 bridgehead atoms. The van der Waals surface area contributed by atoms with Gasteiger partial charge in [-0.2, -0.15) is 0 Å². The summed E-state index contributed by atoms with van der Waals surface area (Å²) in [7, 11) is 0. The standard InChI is InChI=1S/C26H28N2O2.C3H8/c1-6-19-20(7-2)26(30)24-22(13-12-21(27)23(24)25(19)29)28-18-10-8-17(9-11-18)16(5)14-15(3)4;1-3-2/h6-13,15-16,28H,1-2,14,27H2,3-5H3;3H2,1-2H3. The van der Waals surface area contributed by atoms with Crippen molar-refractivity contribution in [2.24, 2.45) is 5.92 Å². The van der Waals surface area contributed by atoms with Crippen LogP contribution in [-0.2, 0) is 0 Å². The third kappa shape index (κ3) is 5.70. The van der Waals surface area contributed by atoms with E-state index in [0.29, 0.717) is 17.5 Å². The molecule has 1 atom stereocenters. The Balaban J connectivity index is 0.00000122. The number of nitrogens with two attached hydrogens (primary N) is 1. The third-order valence-corrected chi connectivity index (χ3v) is 5.46. The van der Waals surface area contributed by atoms with Crippen molar-refractivity contribution < 1.29 is 9.59 Å². The minimum Gasteiger partial charge on any atom is -0.398 e. The lowest BCUT2D eigenvalue weighted by atomic mass is 9.82. The second kappa shape index (κ2) is 11.5. The fraction of sp³-hybridized carbons (Fsp3) is 0.310. The van der Waals surface area contributed by atoms with Crippen LogP contribution in [0.2, 0.25) is 0 Å². The lowest BCUT2D eigenvalue weighted by Crippen LogP contribution is -2.23. The molecule has 33 heavy (non-hydrogen) atoms. The van der Waals surface area contributed by atoms with Crippen LogP contribution in [0.4, 0.5) is 17.1 Å². The van der Waals surface area contributed by atoms with Crippen LogP contribution in [0.5, 0.6) is 0 Å². The summed E-state index contributed by atoms with van der Waals surface area (Å²) in [5.74, 6) is 0.510. The first-order valence-corrected chi connectivity index (χ1v) is 11.6. The highest BCUT2D eigenvalue weighted by atomic mass is 16.1. The maximum atomic E-state index is 13.1. The van der Waals surface area contributed by atoms with Crippen LogP contribution in [0.15, 0.2) is 72.9 Å². The van der Waals surface area contributed by atoms with Gasteiger partial charge in [0.05, 0.1) is 16.8 Å². The summed E-state index contributed by atoms with van der Waals surface area (Å²) < 4.78 is 0. The van der Waals surface area contributed by atoms with Crippen LogP contribution in [0, 0.1) is 5.92 Å². The maximum absolute atomic E-state index is 13.1. The van der Waals surface area contributed by atoms with Crippen molar-refractivity contribution in [1.82, 2.24) is 0 Å². The molecular weight excluding hydrogens is 408 g/mol. The van der Waals surface area contributed by atoms with Crippen molar-refractivity contribution in [2.45, 2.75) is 53.4 Å². The molecule has 4 heteroatoms. The fourth-order valence-electron chi connectivity index (χ4n) is 4.02. The minimum atomic E-state index is -0.312. The van der Waals surface area contributed by atoms with Crippen molar-refractivity contribution in [2.75, 3.05) is 11.1 Å². The Morgan fingerprint density at radius 2 is 1.39 bits per heavy atom. The largest absolute Gasteiger partial charge is 0.398 e. The number of anilines is 3. The first kappa shape index (κ1) is 25.9. The SMILES string of the molecule is C=CC1=C(C=C)C(=O)c2c(Nc3ccc(C(C)CC(C)C)cc3)ccc(N)c2C1=O.CCC. The molecule has 3 rings (SSSR count). The number of rotatable bonds is 7. The lowest BCUT2D eigenvalue weighted by molar-refractivity contribution is 0.0982. The zero-order chi connectivity index (χ0) is 24.7. The average molecular weight is 445 g/mol. The summed E-state index contributed by atoms with van der Waals surface area (Å²) in [6.07, 6.45) is 5.16. The number of nitrogens with one attached hydrogen (secondary N) is 1. The topological polar surface area (TPSA) is 72.2 Å². The Bertz CT molecular complexity index is 1080. The Morgan fingerprint density at radius 1 is 0.879 bits per heavy atom. The van der Waals surface area contributed by atoms with Gasteiger partial charge in [0, 0.05) is 22.5 Å². The summed E-state index contributed by atoms with van der Waals surface area (Å²) in [5.41, 5.74) is 9.96. The monoisotopic (exact) mass is 444 g/mol. The molecule has 0 spiro atoms. The molecule has 1 aliphatic carbocycles. The van der Waals surface area contributed by atoms with Gasteiger partial charge < -0.3 is 11.1 Å². The number of hydrogen-bond donors (Lipinski definition) is 2. The summed E-state index contributed by atoms with van der Waals surface area (Å²) in [6, 6.07) is 11.5. The Labute approximate surface area is 198 Å². The number of allylic oxidation sites excluding steroid dienone is 4. The summed E-state index contributed by atoms with van der Waals surface area (Å²) in [6.45, 7) is 18.3. The zero-order valence-electron chi connectivity index (χ0n) is 20.5. The Morgan fingerprint density at radius 3 is 1.88 bits per heavy atom. The van der Waals surface area contributed by atoms with E-state index in [1.807, 2.05) is 12.1 Å². The van der Waals surface area contributed by atoms with E-state index in [-0.39, 0.29) is 39.5 Å². The van der Waals surface area contributed by atoms with E-state index in [1.54, 1.807) is 12.1 Å². The van der Waals surface area contributed by atoms with Crippen LogP contribution in [-0.4, -0.2) is 11.6 Å². The molecule has 0 aromatic heterocycles. The molecule has 1 aliphatic rings. The normalized spacial score (nSPS) is 13.8. The number of carbonyl (C=O) groups excluding carboxylic acids is 2. The maximum Gasteiger partial charge on any atom is 0.196 e. The Kier molecular flexibility index (Phi) is 8.98. The second-order valence-corrected chi connectivity index (χ2v) is 8.83. The number of hydrogen-bond acceptors (Lipinski definition) is 4. The number of nitrogen functional groups attached to an aromatic ring is 1. The van der Waals surface area contributed by atoms with Crippen molar-refractivity contribution >= 4 is 28.6 Å². The van der Waals surface area contributed by atoms with Gasteiger partial charge in [-0.25, -0.2) is 0 Å². The molecule has 0 fully saturated rings. The van der Waals surface area contributed by atoms with Gasteiger partial charge in [-0.15, -0.1) is 0 Å². The zero-order valence-corrected chi connectivity index (χ0v) is 20.5. The van der Waals surface area contributed by atoms with Gasteiger partial charge in [-0.1, -0.05) is 78.5 Å². The first-order valence-electron chi connectivity index (χ1n) is 11.6. The van der Waals surface area contributed by atoms with Crippen molar-refractivity contribution in [3.63, 3.8) is 0 Å². The fourth-order valence-corrected chi connectivity index (χ4v) is 4.02. The molecule has 3 N–H and O–H groups in total. The van der Waals surface area contributed by atoms with E-state index in [9.17, 15) is 9.59 Å². The first-order chi connectivity index (χ1) is 15.7. The molecule has 174 valence electrons. The predicted octanol–water partition coefficient (Wildman–Crippen LogP) is 7.63. The highest BCUT2D eigenvalue weighted by Crippen LogP contribution is 2.37. The van der Waals surface area contributed by atoms with E-state index in [1.165, 1.54) is 24.1 Å². The molecule has 2 aromatic carbocycles. The number of ketones is 2. The van der Waals surface area contributed by atoms with E-state index in [4.69, 9.17) is 5.73 Å². The van der Waals surface area contributed by atoms with Crippen LogP contribution in [0.3, 0.4) is 0 Å². The van der Waals surface area contributed by atoms with Crippen molar-refractivity contribution in [1.29, 1.82) is 0 Å². The third-order valence-electron chi connectivity index (χ3n) is 5.46. The van der Waals surface area contributed by atoms with E-state index in [0.717, 1.165) is 12.1 Å². The van der Waals surface area contributed by atoms with Crippen LogP contribution < -0.4 is 11.1 Å². The summed E-state index contributed by atoms with van der Waals surface area (Å²) in [4.78, 5) is 26.1. The van der Waals surface area contributed by atoms with E-state index in [2.05, 4.69) is 65.2 Å². The van der Waals surface area contributed by atoms with E-state index >= 15 is 0 Å². The molecule has 0 saturated carbocycles. The molecule has 2 aromatic rings. The minimum absolute atomic E-state index is 0.215. The highest BCUT2D eigenvalue weighted by Gasteiger charge is 2.33. The number of benzene rings is 2. The van der Waals surface area contributed by atoms with Crippen LogP contribution in [0.1, 0.15) is 79.7 Å². The molecule has 0 radical (unpaired) electrons. The molecule has 1 unspecified atom stereocenters. The average Bonchev–Trinajstić information content (AvgIpc) is 2.77. The van der Waals surface area contributed by atoms with Gasteiger partial charge in [0.2, 0.25) is 0 Å². The van der Waals surface area contributed by atoms with Crippen molar-refractivity contribution in [3.05, 3.63) is 89.5 Å². The van der Waals surface area contributed by atoms with Gasteiger partial charge in [0.1, 0.15) is 0 Å². The smallest absolute Gasteiger partial charge is 0.196 e. The molecule has 0 aliphatic heterocycles. The summed E-state index contributed by atoms with van der Waals surface area (Å²) in [5, 5.41) is 3.28. The molecule has 0 saturated heterocycles. The quantitative estimate of drug-likeness (QED) is 0.431. The number of fused-ring (bicyclic) bond motifs is 1. The molecule has 0 heterocycles. The molecule has 4 nitrogen and oxygen atoms in total. The Hall–Kier alpha value is -3.40. The van der Waals surface area contributed by atoms with Gasteiger partial charge in [-0.3, -0.25) is 9.59 Å². The number of carbonyl (C=O) groups is 2. The van der Waals surface area contributed by atoms with Gasteiger partial charge >= 0.3 is 0 Å².